The van der Waals surface area contributed by atoms with Crippen LogP contribution >= 0.6 is 15.9 Å². The van der Waals surface area contributed by atoms with Crippen molar-refractivity contribution in [2.75, 3.05) is 0 Å². The maximum Gasteiger partial charge on any atom is 0.0748 e. The molecule has 1 saturated carbocycles. The molecule has 2 rings (SSSR count). The van der Waals surface area contributed by atoms with Gasteiger partial charge in [0.05, 0.1) is 5.54 Å². The van der Waals surface area contributed by atoms with Gasteiger partial charge in [-0.15, -0.1) is 0 Å². The molecule has 1 fully saturated rings. The monoisotopic (exact) mass is 265 g/mol. The summed E-state index contributed by atoms with van der Waals surface area (Å²) in [4.78, 5) is 3.01. The molecule has 4 heteroatoms. The second kappa shape index (κ2) is 4.25. The molecule has 1 aliphatic carbocycles. The van der Waals surface area contributed by atoms with Gasteiger partial charge in [-0.25, -0.2) is 0 Å². The van der Waals surface area contributed by atoms with E-state index in [0.717, 1.165) is 35.7 Å². The largest absolute Gasteiger partial charge is 0.0825 e. The lowest BCUT2D eigenvalue weighted by Gasteiger charge is -2.24. The van der Waals surface area contributed by atoms with E-state index < -0.39 is 0 Å². The summed E-state index contributed by atoms with van der Waals surface area (Å²) in [7, 11) is 0. The van der Waals surface area contributed by atoms with Gasteiger partial charge in [0, 0.05) is 9.38 Å². The molecule has 0 radical (unpaired) electrons. The first kappa shape index (κ1) is 10.5. The smallest absolute Gasteiger partial charge is 0.0748 e. The van der Waals surface area contributed by atoms with Crippen LogP contribution in [0.5, 0.6) is 0 Å². The van der Waals surface area contributed by atoms with Crippen molar-refractivity contribution < 1.29 is 0 Å². The minimum absolute atomic E-state index is 0.311. The Balaban J connectivity index is 2.50. The highest BCUT2D eigenvalue weighted by Gasteiger charge is 2.35. The number of benzene rings is 1. The van der Waals surface area contributed by atoms with Gasteiger partial charge in [0.2, 0.25) is 0 Å². The van der Waals surface area contributed by atoms with Gasteiger partial charge in [-0.1, -0.05) is 52.1 Å². The van der Waals surface area contributed by atoms with E-state index in [1.165, 1.54) is 0 Å². The molecule has 1 aliphatic rings. The maximum atomic E-state index is 8.69. The molecule has 0 aromatic heterocycles. The van der Waals surface area contributed by atoms with Crippen molar-refractivity contribution in [1.29, 1.82) is 0 Å². The van der Waals surface area contributed by atoms with Crippen molar-refractivity contribution in [1.82, 2.24) is 0 Å². The zero-order chi connectivity index (χ0) is 10.7. The maximum absolute atomic E-state index is 8.69. The van der Waals surface area contributed by atoms with E-state index in [9.17, 15) is 0 Å². The third-order valence-electron chi connectivity index (χ3n) is 3.04. The van der Waals surface area contributed by atoms with Crippen LogP contribution in [-0.2, 0) is 5.54 Å². The average Bonchev–Trinajstić information content (AvgIpc) is 2.69. The number of halogens is 1. The summed E-state index contributed by atoms with van der Waals surface area (Å²) in [6, 6.07) is 8.02. The highest BCUT2D eigenvalue weighted by atomic mass is 79.9. The van der Waals surface area contributed by atoms with Crippen LogP contribution in [0, 0.1) is 0 Å². The molecule has 0 spiro atoms. The molecule has 0 N–H and O–H groups in total. The van der Waals surface area contributed by atoms with E-state index in [2.05, 4.69) is 26.0 Å². The predicted molar refractivity (Wildman–Crippen MR) is 63.4 cm³/mol. The first-order valence-corrected chi connectivity index (χ1v) is 5.89. The second-order valence-corrected chi connectivity index (χ2v) is 4.76. The van der Waals surface area contributed by atoms with Crippen LogP contribution in [0.4, 0.5) is 0 Å². The van der Waals surface area contributed by atoms with E-state index in [-0.39, 0.29) is 5.54 Å². The zero-order valence-corrected chi connectivity index (χ0v) is 9.94. The van der Waals surface area contributed by atoms with Crippen molar-refractivity contribution in [3.8, 4) is 0 Å². The Labute approximate surface area is 97.3 Å². The molecule has 0 heterocycles. The summed E-state index contributed by atoms with van der Waals surface area (Å²) in [5.41, 5.74) is 9.50. The first-order chi connectivity index (χ1) is 7.28. The molecule has 0 bridgehead atoms. The zero-order valence-electron chi connectivity index (χ0n) is 8.36. The fourth-order valence-corrected chi connectivity index (χ4v) is 2.96. The topological polar surface area (TPSA) is 48.8 Å². The van der Waals surface area contributed by atoms with Crippen LogP contribution < -0.4 is 0 Å². The van der Waals surface area contributed by atoms with Crippen LogP contribution in [0.1, 0.15) is 31.2 Å². The third-order valence-corrected chi connectivity index (χ3v) is 3.73. The Bertz CT molecular complexity index is 404. The number of hydrogen-bond acceptors (Lipinski definition) is 1. The number of rotatable bonds is 2. The Kier molecular flexibility index (Phi) is 2.98. The van der Waals surface area contributed by atoms with E-state index >= 15 is 0 Å². The van der Waals surface area contributed by atoms with Crippen molar-refractivity contribution in [3.05, 3.63) is 44.7 Å². The molecular formula is C11H12BrN3. The summed E-state index contributed by atoms with van der Waals surface area (Å²) >= 11 is 3.53. The Morgan fingerprint density at radius 3 is 2.53 bits per heavy atom. The van der Waals surface area contributed by atoms with E-state index in [0.29, 0.717) is 0 Å². The van der Waals surface area contributed by atoms with Crippen molar-refractivity contribution in [2.45, 2.75) is 31.2 Å². The summed E-state index contributed by atoms with van der Waals surface area (Å²) < 4.78 is 1.04. The Morgan fingerprint density at radius 2 is 1.93 bits per heavy atom. The van der Waals surface area contributed by atoms with Gasteiger partial charge >= 0.3 is 0 Å². The van der Waals surface area contributed by atoms with Crippen LogP contribution in [-0.4, -0.2) is 0 Å². The van der Waals surface area contributed by atoms with Gasteiger partial charge in [-0.05, 0) is 30.0 Å². The molecule has 0 aliphatic heterocycles. The fraction of sp³-hybridized carbons (Fsp3) is 0.455. The van der Waals surface area contributed by atoms with Crippen LogP contribution in [0.3, 0.4) is 0 Å². The molecule has 3 nitrogen and oxygen atoms in total. The molecule has 78 valence electrons. The highest BCUT2D eigenvalue weighted by molar-refractivity contribution is 9.10. The molecule has 1 aromatic rings. The van der Waals surface area contributed by atoms with Gasteiger partial charge in [0.1, 0.15) is 0 Å². The second-order valence-electron chi connectivity index (χ2n) is 3.91. The van der Waals surface area contributed by atoms with Crippen LogP contribution in [0.25, 0.3) is 10.4 Å². The van der Waals surface area contributed by atoms with Gasteiger partial charge in [-0.2, -0.15) is 0 Å². The third kappa shape index (κ3) is 1.87. The van der Waals surface area contributed by atoms with Gasteiger partial charge in [-0.3, -0.25) is 0 Å². The van der Waals surface area contributed by atoms with Crippen LogP contribution in [0.2, 0.25) is 0 Å². The lowest BCUT2D eigenvalue weighted by Crippen LogP contribution is -2.18. The molecular weight excluding hydrogens is 254 g/mol. The molecule has 0 amide bonds. The summed E-state index contributed by atoms with van der Waals surface area (Å²) in [5.74, 6) is 0. The van der Waals surface area contributed by atoms with E-state index in [4.69, 9.17) is 5.53 Å². The number of hydrogen-bond donors (Lipinski definition) is 0. The quantitative estimate of drug-likeness (QED) is 0.429. The van der Waals surface area contributed by atoms with Crippen molar-refractivity contribution in [2.24, 2.45) is 5.11 Å². The van der Waals surface area contributed by atoms with Gasteiger partial charge < -0.3 is 0 Å². The predicted octanol–water partition coefficient (Wildman–Crippen LogP) is 4.53. The lowest BCUT2D eigenvalue weighted by molar-refractivity contribution is 0.457. The number of azide groups is 1. The summed E-state index contributed by atoms with van der Waals surface area (Å²) in [6.45, 7) is 0. The highest BCUT2D eigenvalue weighted by Crippen LogP contribution is 2.44. The standard InChI is InChI=1S/C11H12BrN3/c12-10-6-2-1-5-9(10)11(14-15-13)7-3-4-8-11/h1-2,5-6H,3-4,7-8H2. The normalized spacial score (nSPS) is 18.5. The molecule has 0 saturated heterocycles. The SMILES string of the molecule is [N-]=[N+]=NC1(c2ccccc2Br)CCCC1. The van der Waals surface area contributed by atoms with Gasteiger partial charge in [0.15, 0.2) is 0 Å². The Morgan fingerprint density at radius 1 is 1.27 bits per heavy atom. The molecule has 0 atom stereocenters. The minimum atomic E-state index is -0.311. The van der Waals surface area contributed by atoms with E-state index in [1.807, 2.05) is 24.3 Å². The van der Waals surface area contributed by atoms with Crippen molar-refractivity contribution in [3.63, 3.8) is 0 Å². The Hall–Kier alpha value is -0.990. The molecule has 1 aromatic carbocycles. The summed E-state index contributed by atoms with van der Waals surface area (Å²) in [6.07, 6.45) is 4.19. The first-order valence-electron chi connectivity index (χ1n) is 5.10. The van der Waals surface area contributed by atoms with Crippen LogP contribution in [0.15, 0.2) is 33.9 Å². The molecule has 15 heavy (non-hydrogen) atoms. The number of nitrogens with zero attached hydrogens (tertiary/aromatic N) is 3. The molecule has 0 unspecified atom stereocenters. The average molecular weight is 266 g/mol. The summed E-state index contributed by atoms with van der Waals surface area (Å²) in [5, 5.41) is 4.04. The van der Waals surface area contributed by atoms with Crippen molar-refractivity contribution >= 4 is 15.9 Å². The van der Waals surface area contributed by atoms with Gasteiger partial charge in [0.25, 0.3) is 0 Å². The fourth-order valence-electron chi connectivity index (χ4n) is 2.31. The lowest BCUT2D eigenvalue weighted by atomic mass is 9.89. The minimum Gasteiger partial charge on any atom is -0.0825 e. The van der Waals surface area contributed by atoms with E-state index in [1.54, 1.807) is 0 Å².